The van der Waals surface area contributed by atoms with E-state index in [1.165, 1.54) is 49.7 Å². The highest BCUT2D eigenvalue weighted by Gasteiger charge is 2.50. The summed E-state index contributed by atoms with van der Waals surface area (Å²) < 4.78 is 0. The van der Waals surface area contributed by atoms with Gasteiger partial charge in [-0.3, -0.25) is 9.79 Å². The first-order chi connectivity index (χ1) is 24.5. The van der Waals surface area contributed by atoms with E-state index in [4.69, 9.17) is 4.99 Å². The van der Waals surface area contributed by atoms with E-state index in [9.17, 15) is 9.90 Å². The van der Waals surface area contributed by atoms with Crippen molar-refractivity contribution < 1.29 is 9.90 Å². The highest BCUT2D eigenvalue weighted by molar-refractivity contribution is 6.40. The fraction of sp³-hybridized carbons (Fsp3) is 0.429. The molecule has 4 heteroatoms. The van der Waals surface area contributed by atoms with Crippen molar-refractivity contribution in [1.82, 2.24) is 4.98 Å². The molecule has 1 aliphatic heterocycles. The Morgan fingerprint density at radius 2 is 1.30 bits per heavy atom. The number of Topliss-reactive ketones (excluding diaryl/α,β-unsaturated/α-hetero) is 1. The van der Waals surface area contributed by atoms with Crippen molar-refractivity contribution >= 4 is 33.4 Å². The van der Waals surface area contributed by atoms with Gasteiger partial charge in [-0.1, -0.05) is 119 Å². The zero-order chi connectivity index (χ0) is 38.5. The number of allylic oxidation sites excluding steroid dienone is 5. The van der Waals surface area contributed by atoms with Crippen molar-refractivity contribution in [2.75, 3.05) is 0 Å². The van der Waals surface area contributed by atoms with Gasteiger partial charge < -0.3 is 10.1 Å². The van der Waals surface area contributed by atoms with Gasteiger partial charge in [-0.05, 0) is 109 Å². The highest BCUT2D eigenvalue weighted by atomic mass is 16.3. The summed E-state index contributed by atoms with van der Waals surface area (Å²) in [4.78, 5) is 23.5. The first-order valence-corrected chi connectivity index (χ1v) is 19.5. The molecular weight excluding hydrogens is 649 g/mol. The second-order valence-electron chi connectivity index (χ2n) is 20.5. The Kier molecular flexibility index (Phi) is 7.42. The number of aryl methyl sites for hydroxylation is 1. The van der Waals surface area contributed by atoms with Gasteiger partial charge in [-0.2, -0.15) is 0 Å². The number of rotatable bonds is 2. The monoisotopic (exact) mass is 704 g/mol. The average molecular weight is 705 g/mol. The Labute approximate surface area is 316 Å². The lowest BCUT2D eigenvalue weighted by atomic mass is 9.77. The number of nitrogens with zero attached hydrogens (tertiary/aromatic N) is 1. The summed E-state index contributed by atoms with van der Waals surface area (Å²) in [5.74, 6) is -0.137. The van der Waals surface area contributed by atoms with Gasteiger partial charge in [0.15, 0.2) is 0 Å². The smallest absolute Gasteiger partial charge is 0.204 e. The van der Waals surface area contributed by atoms with Crippen LogP contribution in [0.3, 0.4) is 0 Å². The van der Waals surface area contributed by atoms with Crippen molar-refractivity contribution in [3.8, 4) is 22.3 Å². The number of aliphatic hydroxyl groups excluding tert-OH is 1. The topological polar surface area (TPSA) is 65.5 Å². The third-order valence-corrected chi connectivity index (χ3v) is 12.1. The van der Waals surface area contributed by atoms with Crippen molar-refractivity contribution in [2.24, 2.45) is 16.3 Å². The normalized spacial score (nSPS) is 21.8. The Balaban J connectivity index is 1.32. The third-order valence-electron chi connectivity index (χ3n) is 12.1. The Hall–Kier alpha value is -4.44. The lowest BCUT2D eigenvalue weighted by molar-refractivity contribution is -0.111. The zero-order valence-corrected chi connectivity index (χ0v) is 34.3. The SMILES string of the molecule is CC1=N/C(=C2/C(=O)C(c3[nH]c(C)c4c3-c3cc(C(C)(C)C)cc5cc(C(C)(C)C)cc-4c35)=C2O)C2c3cc(C(C)(C)C)ccc3/C(=C\CC(C)(C)C)C12. The summed E-state index contributed by atoms with van der Waals surface area (Å²) in [5, 5.41) is 14.6. The highest BCUT2D eigenvalue weighted by Crippen LogP contribution is 2.59. The molecule has 2 heterocycles. The molecule has 274 valence electrons. The van der Waals surface area contributed by atoms with Gasteiger partial charge in [0, 0.05) is 34.4 Å². The van der Waals surface area contributed by atoms with Crippen LogP contribution in [0.15, 0.2) is 70.6 Å². The molecule has 2 N–H and O–H groups in total. The number of carbonyl (C=O) groups is 1. The molecule has 1 aromatic heterocycles. The first-order valence-electron chi connectivity index (χ1n) is 19.5. The van der Waals surface area contributed by atoms with E-state index < -0.39 is 0 Å². The van der Waals surface area contributed by atoms with Gasteiger partial charge in [0.2, 0.25) is 5.78 Å². The van der Waals surface area contributed by atoms with Crippen LogP contribution in [0.2, 0.25) is 0 Å². The molecule has 3 aromatic carbocycles. The lowest BCUT2D eigenvalue weighted by Crippen LogP contribution is -2.24. The van der Waals surface area contributed by atoms with Crippen LogP contribution in [0.1, 0.15) is 142 Å². The summed E-state index contributed by atoms with van der Waals surface area (Å²) in [5.41, 5.74) is 16.2. The van der Waals surface area contributed by atoms with Gasteiger partial charge >= 0.3 is 0 Å². The van der Waals surface area contributed by atoms with Crippen molar-refractivity contribution in [3.05, 3.63) is 105 Å². The van der Waals surface area contributed by atoms with Crippen LogP contribution in [-0.2, 0) is 21.0 Å². The van der Waals surface area contributed by atoms with E-state index in [2.05, 4.69) is 150 Å². The number of aromatic nitrogens is 1. The van der Waals surface area contributed by atoms with Crippen LogP contribution < -0.4 is 0 Å². The van der Waals surface area contributed by atoms with Crippen molar-refractivity contribution in [2.45, 2.75) is 126 Å². The quantitative estimate of drug-likeness (QED) is 0.180. The fourth-order valence-corrected chi connectivity index (χ4v) is 9.11. The minimum atomic E-state index is -0.131. The maximum absolute atomic E-state index is 14.7. The van der Waals surface area contributed by atoms with E-state index in [1.54, 1.807) is 0 Å². The summed E-state index contributed by atoms with van der Waals surface area (Å²) >= 11 is 0. The predicted octanol–water partition coefficient (Wildman–Crippen LogP) is 12.8. The minimum Gasteiger partial charge on any atom is -0.506 e. The largest absolute Gasteiger partial charge is 0.506 e. The van der Waals surface area contributed by atoms with Gasteiger partial charge in [-0.25, -0.2) is 0 Å². The van der Waals surface area contributed by atoms with Gasteiger partial charge in [-0.15, -0.1) is 0 Å². The molecule has 4 aromatic rings. The number of aliphatic imine (C=N–C) groups is 1. The molecule has 0 radical (unpaired) electrons. The first kappa shape index (κ1) is 35.6. The van der Waals surface area contributed by atoms with Crippen LogP contribution in [0.5, 0.6) is 0 Å². The number of H-pyrrole nitrogens is 1. The molecule has 2 atom stereocenters. The molecule has 0 bridgehead atoms. The number of aliphatic hydroxyl groups is 1. The number of carbonyl (C=O) groups excluding carboxylic acids is 1. The number of ketones is 1. The van der Waals surface area contributed by atoms with Crippen LogP contribution in [0, 0.1) is 18.3 Å². The van der Waals surface area contributed by atoms with Gasteiger partial charge in [0.25, 0.3) is 0 Å². The number of benzene rings is 3. The number of fused-ring (bicyclic) bond motifs is 6. The molecule has 0 spiro atoms. The Bertz CT molecular complexity index is 2440. The number of hydrogen-bond donors (Lipinski definition) is 2. The summed E-state index contributed by atoms with van der Waals surface area (Å²) in [6, 6.07) is 16.2. The Morgan fingerprint density at radius 3 is 1.85 bits per heavy atom. The Morgan fingerprint density at radius 1 is 0.717 bits per heavy atom. The van der Waals surface area contributed by atoms with Gasteiger partial charge in [0.05, 0.1) is 22.5 Å². The maximum atomic E-state index is 14.7. The van der Waals surface area contributed by atoms with Crippen LogP contribution in [0.25, 0.3) is 44.2 Å². The van der Waals surface area contributed by atoms with Crippen molar-refractivity contribution in [1.29, 1.82) is 0 Å². The second kappa shape index (κ2) is 11.1. The molecule has 4 nitrogen and oxygen atoms in total. The maximum Gasteiger partial charge on any atom is 0.204 e. The molecule has 3 aliphatic carbocycles. The molecule has 2 unspecified atom stereocenters. The molecule has 4 aliphatic rings. The molecule has 53 heavy (non-hydrogen) atoms. The van der Waals surface area contributed by atoms with Crippen molar-refractivity contribution in [3.63, 3.8) is 0 Å². The molecule has 8 rings (SSSR count). The molecule has 0 saturated heterocycles. The molecule has 0 saturated carbocycles. The number of aromatic amines is 1. The standard InChI is InChI=1S/C49H56N2O2/c1-24-35-31(17-18-46(3,4)5)30-16-15-27(47(6,7)8)21-32(30)38(35)42(50-24)40-44(52)41(45(40)53)43-39-34-23-29(49(12,13)14)20-26-19-28(48(9,10)11)22-33(37(26)34)36(39)25(2)51-43/h15-17,19-23,35,38,51-52H,18H2,1-14H3/b31-17+,42-40+. The predicted molar refractivity (Wildman–Crippen MR) is 223 cm³/mol. The average Bonchev–Trinajstić information content (AvgIpc) is 3.74. The summed E-state index contributed by atoms with van der Waals surface area (Å²) in [6.07, 6.45) is 3.34. The van der Waals surface area contributed by atoms with E-state index >= 15 is 0 Å². The summed E-state index contributed by atoms with van der Waals surface area (Å²) in [6.45, 7) is 31.3. The second-order valence-corrected chi connectivity index (χ2v) is 20.5. The zero-order valence-electron chi connectivity index (χ0n) is 34.3. The number of nitrogens with one attached hydrogen (secondary N) is 1. The molecular formula is C49H56N2O2. The van der Waals surface area contributed by atoms with Crippen LogP contribution in [-0.4, -0.2) is 21.6 Å². The van der Waals surface area contributed by atoms with Gasteiger partial charge in [0.1, 0.15) is 5.76 Å². The van der Waals surface area contributed by atoms with Crippen LogP contribution >= 0.6 is 0 Å². The van der Waals surface area contributed by atoms with E-state index in [1.807, 2.05) is 0 Å². The van der Waals surface area contributed by atoms with E-state index in [-0.39, 0.29) is 45.0 Å². The third kappa shape index (κ3) is 5.29. The van der Waals surface area contributed by atoms with E-state index in [0.29, 0.717) is 22.5 Å². The fourth-order valence-electron chi connectivity index (χ4n) is 9.11. The number of hydrogen-bond acceptors (Lipinski definition) is 3. The summed E-state index contributed by atoms with van der Waals surface area (Å²) in [7, 11) is 0. The van der Waals surface area contributed by atoms with E-state index in [0.717, 1.165) is 34.5 Å². The minimum absolute atomic E-state index is 0.0293. The van der Waals surface area contributed by atoms with Crippen LogP contribution in [0.4, 0.5) is 0 Å². The molecule has 0 amide bonds. The lowest BCUT2D eigenvalue weighted by Gasteiger charge is -2.26. The molecule has 0 fully saturated rings.